The molecule has 1 atom stereocenters. The fraction of sp³-hybridized carbons (Fsp3) is 0.571. The van der Waals surface area contributed by atoms with Crippen molar-refractivity contribution < 1.29 is 8.42 Å². The van der Waals surface area contributed by atoms with Crippen LogP contribution in [0.2, 0.25) is 0 Å². The van der Waals surface area contributed by atoms with Crippen molar-refractivity contribution >= 4 is 10.0 Å². The van der Waals surface area contributed by atoms with Crippen LogP contribution in [0.15, 0.2) is 24.3 Å². The minimum absolute atomic E-state index is 0.0602. The normalized spacial score (nSPS) is 21.5. The molecule has 1 unspecified atom stereocenters. The van der Waals surface area contributed by atoms with Gasteiger partial charge in [0, 0.05) is 19.1 Å². The van der Waals surface area contributed by atoms with E-state index in [0.717, 1.165) is 30.4 Å². The van der Waals surface area contributed by atoms with Gasteiger partial charge in [0.1, 0.15) is 0 Å². The fourth-order valence-corrected chi connectivity index (χ4v) is 4.56. The molecule has 1 aromatic rings. The highest BCUT2D eigenvalue weighted by Gasteiger charge is 2.29. The minimum Gasteiger partial charge on any atom is -0.326 e. The predicted octanol–water partition coefficient (Wildman–Crippen LogP) is 1.85. The van der Waals surface area contributed by atoms with Crippen LogP contribution in [0.5, 0.6) is 0 Å². The first-order chi connectivity index (χ1) is 9.04. The summed E-state index contributed by atoms with van der Waals surface area (Å²) in [6.45, 7) is 3.01. The summed E-state index contributed by atoms with van der Waals surface area (Å²) in [7, 11) is -3.24. The maximum Gasteiger partial charge on any atom is 0.218 e. The van der Waals surface area contributed by atoms with E-state index in [9.17, 15) is 8.42 Å². The highest BCUT2D eigenvalue weighted by molar-refractivity contribution is 7.88. The van der Waals surface area contributed by atoms with Gasteiger partial charge in [0.15, 0.2) is 0 Å². The summed E-state index contributed by atoms with van der Waals surface area (Å²) in [4.78, 5) is 0. The number of piperidine rings is 1. The third-order valence-corrected chi connectivity index (χ3v) is 5.71. The number of nitrogens with two attached hydrogens (primary N) is 1. The van der Waals surface area contributed by atoms with Gasteiger partial charge in [-0.15, -0.1) is 0 Å². The lowest BCUT2D eigenvalue weighted by Gasteiger charge is -2.32. The van der Waals surface area contributed by atoms with Crippen LogP contribution in [-0.2, 0) is 22.3 Å². The van der Waals surface area contributed by atoms with Crippen molar-refractivity contribution in [2.75, 3.05) is 6.54 Å². The molecule has 1 fully saturated rings. The highest BCUT2D eigenvalue weighted by atomic mass is 32.2. The molecule has 1 aromatic carbocycles. The summed E-state index contributed by atoms with van der Waals surface area (Å²) in [5.74, 6) is 0.0602. The number of rotatable bonds is 4. The molecule has 5 heteroatoms. The molecular weight excluding hydrogens is 260 g/mol. The summed E-state index contributed by atoms with van der Waals surface area (Å²) in [6.07, 6.45) is 3.03. The Hall–Kier alpha value is -0.910. The van der Waals surface area contributed by atoms with E-state index in [1.165, 1.54) is 0 Å². The highest BCUT2D eigenvalue weighted by Crippen LogP contribution is 2.23. The monoisotopic (exact) mass is 282 g/mol. The smallest absolute Gasteiger partial charge is 0.218 e. The molecule has 0 radical (unpaired) electrons. The van der Waals surface area contributed by atoms with Crippen LogP contribution in [0.1, 0.15) is 37.3 Å². The third-order valence-electron chi connectivity index (χ3n) is 3.78. The van der Waals surface area contributed by atoms with Crippen LogP contribution >= 0.6 is 0 Å². The summed E-state index contributed by atoms with van der Waals surface area (Å²) in [5.41, 5.74) is 7.40. The van der Waals surface area contributed by atoms with Gasteiger partial charge in [-0.1, -0.05) is 30.7 Å². The van der Waals surface area contributed by atoms with Crippen LogP contribution < -0.4 is 5.73 Å². The second-order valence-electron chi connectivity index (χ2n) is 5.18. The molecule has 106 valence electrons. The molecular formula is C14H22N2O2S. The van der Waals surface area contributed by atoms with Crippen LogP contribution in [0.4, 0.5) is 0 Å². The van der Waals surface area contributed by atoms with Crippen LogP contribution in [0.3, 0.4) is 0 Å². The van der Waals surface area contributed by atoms with Gasteiger partial charge in [0.25, 0.3) is 0 Å². The van der Waals surface area contributed by atoms with Crippen molar-refractivity contribution in [3.8, 4) is 0 Å². The van der Waals surface area contributed by atoms with Gasteiger partial charge < -0.3 is 5.73 Å². The molecule has 0 spiro atoms. The van der Waals surface area contributed by atoms with E-state index in [0.29, 0.717) is 13.1 Å². The van der Waals surface area contributed by atoms with Gasteiger partial charge >= 0.3 is 0 Å². The van der Waals surface area contributed by atoms with Gasteiger partial charge in [-0.2, -0.15) is 4.31 Å². The first-order valence-electron chi connectivity index (χ1n) is 6.81. The zero-order chi connectivity index (χ0) is 13.9. The van der Waals surface area contributed by atoms with E-state index in [1.54, 1.807) is 4.31 Å². The molecule has 19 heavy (non-hydrogen) atoms. The van der Waals surface area contributed by atoms with E-state index >= 15 is 0 Å². The summed E-state index contributed by atoms with van der Waals surface area (Å²) in [5, 5.41) is 0. The molecule has 4 nitrogen and oxygen atoms in total. The van der Waals surface area contributed by atoms with E-state index in [2.05, 4.69) is 0 Å². The Bertz CT molecular complexity index is 528. The number of sulfonamides is 1. The van der Waals surface area contributed by atoms with Crippen molar-refractivity contribution in [3.63, 3.8) is 0 Å². The van der Waals surface area contributed by atoms with Crippen LogP contribution in [0.25, 0.3) is 0 Å². The fourth-order valence-electron chi connectivity index (χ4n) is 2.66. The summed E-state index contributed by atoms with van der Waals surface area (Å²) in [6, 6.07) is 7.62. The zero-order valence-electron chi connectivity index (χ0n) is 11.4. The van der Waals surface area contributed by atoms with Gasteiger partial charge in [-0.05, 0) is 30.9 Å². The first-order valence-corrected chi connectivity index (χ1v) is 8.42. The Balaban J connectivity index is 2.21. The van der Waals surface area contributed by atoms with E-state index < -0.39 is 10.0 Å². The predicted molar refractivity (Wildman–Crippen MR) is 77.0 cm³/mol. The molecule has 0 aliphatic carbocycles. The molecule has 0 saturated carbocycles. The molecule has 0 bridgehead atoms. The van der Waals surface area contributed by atoms with Gasteiger partial charge in [0.05, 0.1) is 5.75 Å². The number of benzene rings is 1. The van der Waals surface area contributed by atoms with E-state index in [1.807, 2.05) is 31.2 Å². The number of hydrogen-bond donors (Lipinski definition) is 1. The Morgan fingerprint density at radius 2 is 1.95 bits per heavy atom. The lowest BCUT2D eigenvalue weighted by atomic mass is 10.1. The Labute approximate surface area is 115 Å². The Morgan fingerprint density at radius 3 is 2.58 bits per heavy atom. The molecule has 1 aliphatic rings. The van der Waals surface area contributed by atoms with Crippen molar-refractivity contribution in [3.05, 3.63) is 35.4 Å². The van der Waals surface area contributed by atoms with Gasteiger partial charge in [-0.3, -0.25) is 0 Å². The Kier molecular flexibility index (Phi) is 4.60. The molecule has 1 aliphatic heterocycles. The largest absolute Gasteiger partial charge is 0.326 e. The first kappa shape index (κ1) is 14.5. The second-order valence-corrected chi connectivity index (χ2v) is 7.11. The van der Waals surface area contributed by atoms with E-state index in [-0.39, 0.29) is 11.8 Å². The second kappa shape index (κ2) is 6.03. The van der Waals surface area contributed by atoms with Crippen LogP contribution in [-0.4, -0.2) is 25.3 Å². The third kappa shape index (κ3) is 3.35. The topological polar surface area (TPSA) is 63.4 Å². The average Bonchev–Trinajstić information content (AvgIpc) is 2.39. The van der Waals surface area contributed by atoms with Crippen LogP contribution in [0, 0.1) is 0 Å². The molecule has 0 aromatic heterocycles. The molecule has 1 saturated heterocycles. The average molecular weight is 282 g/mol. The Morgan fingerprint density at radius 1 is 1.26 bits per heavy atom. The summed E-state index contributed by atoms with van der Waals surface area (Å²) < 4.78 is 26.7. The van der Waals surface area contributed by atoms with Crippen molar-refractivity contribution in [1.29, 1.82) is 0 Å². The molecule has 2 rings (SSSR count). The maximum atomic E-state index is 12.5. The maximum absolute atomic E-state index is 12.5. The zero-order valence-corrected chi connectivity index (χ0v) is 12.2. The standard InChI is InChI=1S/C14H22N2O2S/c1-12-6-4-5-9-16(12)19(17,18)11-14-8-3-2-7-13(14)10-15/h2-3,7-8,12H,4-6,9-11,15H2,1H3. The van der Waals surface area contributed by atoms with Crippen molar-refractivity contribution in [2.45, 2.75) is 44.5 Å². The SMILES string of the molecule is CC1CCCCN1S(=O)(=O)Cc1ccccc1CN. The van der Waals surface area contributed by atoms with E-state index in [4.69, 9.17) is 5.73 Å². The summed E-state index contributed by atoms with van der Waals surface area (Å²) >= 11 is 0. The van der Waals surface area contributed by atoms with Gasteiger partial charge in [0.2, 0.25) is 10.0 Å². The van der Waals surface area contributed by atoms with Gasteiger partial charge in [-0.25, -0.2) is 8.42 Å². The molecule has 0 amide bonds. The minimum atomic E-state index is -3.24. The molecule has 1 heterocycles. The lowest BCUT2D eigenvalue weighted by Crippen LogP contribution is -2.42. The van der Waals surface area contributed by atoms with Crippen molar-refractivity contribution in [2.24, 2.45) is 5.73 Å². The van der Waals surface area contributed by atoms with Crippen molar-refractivity contribution in [1.82, 2.24) is 4.31 Å². The lowest BCUT2D eigenvalue weighted by molar-refractivity contribution is 0.268. The number of nitrogens with zero attached hydrogens (tertiary/aromatic N) is 1. The quantitative estimate of drug-likeness (QED) is 0.916. The molecule has 2 N–H and O–H groups in total. The number of hydrogen-bond acceptors (Lipinski definition) is 3.